The molecule has 1 aliphatic heterocycles. The van der Waals surface area contributed by atoms with E-state index >= 15 is 0 Å². The Morgan fingerprint density at radius 1 is 1.15 bits per heavy atom. The number of nitrogens with zero attached hydrogens (tertiary/aromatic N) is 2. The minimum absolute atomic E-state index is 0.0589. The highest BCUT2D eigenvalue weighted by atomic mass is 16.7. The van der Waals surface area contributed by atoms with Crippen molar-refractivity contribution in [1.29, 1.82) is 0 Å². The van der Waals surface area contributed by atoms with Crippen LogP contribution >= 0.6 is 0 Å². The van der Waals surface area contributed by atoms with Gasteiger partial charge in [0.25, 0.3) is 0 Å². The zero-order valence-electron chi connectivity index (χ0n) is 15.2. The number of hydrogen-bond donors (Lipinski definition) is 0. The number of rotatable bonds is 8. The Labute approximate surface area is 155 Å². The number of amides is 1. The number of Topliss-reactive ketones (excluding diaryl/α,β-unsaturated/α-hetero) is 1. The molecular formula is C20H28N2O4. The van der Waals surface area contributed by atoms with Crippen LogP contribution in [-0.4, -0.2) is 61.0 Å². The van der Waals surface area contributed by atoms with Crippen molar-refractivity contribution in [2.45, 2.75) is 38.3 Å². The van der Waals surface area contributed by atoms with E-state index in [1.807, 2.05) is 30.3 Å². The van der Waals surface area contributed by atoms with Crippen LogP contribution in [0.2, 0.25) is 0 Å². The summed E-state index contributed by atoms with van der Waals surface area (Å²) < 4.78 is 5.33. The van der Waals surface area contributed by atoms with Crippen molar-refractivity contribution in [1.82, 2.24) is 9.96 Å². The van der Waals surface area contributed by atoms with E-state index < -0.39 is 0 Å². The molecule has 0 aromatic heterocycles. The molecule has 1 saturated heterocycles. The number of morpholine rings is 1. The molecule has 0 bridgehead atoms. The molecule has 1 heterocycles. The van der Waals surface area contributed by atoms with E-state index in [-0.39, 0.29) is 12.0 Å². The zero-order valence-corrected chi connectivity index (χ0v) is 15.2. The van der Waals surface area contributed by atoms with Crippen molar-refractivity contribution in [3.63, 3.8) is 0 Å². The molecule has 26 heavy (non-hydrogen) atoms. The van der Waals surface area contributed by atoms with Crippen molar-refractivity contribution in [2.24, 2.45) is 5.92 Å². The lowest BCUT2D eigenvalue weighted by atomic mass is 9.83. The van der Waals surface area contributed by atoms with Crippen LogP contribution in [0.1, 0.15) is 31.2 Å². The maximum absolute atomic E-state index is 12.5. The highest BCUT2D eigenvalue weighted by Gasteiger charge is 2.30. The summed E-state index contributed by atoms with van der Waals surface area (Å²) in [4.78, 5) is 31.8. The molecule has 3 rings (SSSR count). The molecule has 1 amide bonds. The Bertz CT molecular complexity index is 566. The fourth-order valence-corrected chi connectivity index (χ4v) is 3.71. The van der Waals surface area contributed by atoms with Crippen LogP contribution in [0.15, 0.2) is 30.3 Å². The van der Waals surface area contributed by atoms with Gasteiger partial charge < -0.3 is 4.74 Å². The van der Waals surface area contributed by atoms with Gasteiger partial charge in [0.05, 0.1) is 25.8 Å². The summed E-state index contributed by atoms with van der Waals surface area (Å²) in [6.07, 6.45) is 4.04. The van der Waals surface area contributed by atoms with Gasteiger partial charge in [0.2, 0.25) is 6.41 Å². The summed E-state index contributed by atoms with van der Waals surface area (Å²) in [6.45, 7) is 4.02. The van der Waals surface area contributed by atoms with Gasteiger partial charge in [0, 0.05) is 19.0 Å². The van der Waals surface area contributed by atoms with Gasteiger partial charge in [0.1, 0.15) is 12.4 Å². The first-order valence-corrected chi connectivity index (χ1v) is 9.49. The van der Waals surface area contributed by atoms with Crippen LogP contribution in [-0.2, 0) is 25.8 Å². The number of ketones is 1. The van der Waals surface area contributed by atoms with Gasteiger partial charge in [-0.15, -0.1) is 0 Å². The van der Waals surface area contributed by atoms with Gasteiger partial charge in [-0.2, -0.15) is 0 Å². The highest BCUT2D eigenvalue weighted by Crippen LogP contribution is 2.28. The molecule has 142 valence electrons. The maximum atomic E-state index is 12.5. The third-order valence-electron chi connectivity index (χ3n) is 5.32. The molecule has 1 aromatic rings. The smallest absolute Gasteiger partial charge is 0.233 e. The van der Waals surface area contributed by atoms with Crippen LogP contribution < -0.4 is 0 Å². The van der Waals surface area contributed by atoms with E-state index in [9.17, 15) is 9.59 Å². The Balaban J connectivity index is 1.42. The first-order chi connectivity index (χ1) is 12.8. The van der Waals surface area contributed by atoms with E-state index in [1.165, 1.54) is 5.06 Å². The number of ether oxygens (including phenoxy) is 1. The van der Waals surface area contributed by atoms with Crippen molar-refractivity contribution in [2.75, 3.05) is 32.8 Å². The average molecular weight is 360 g/mol. The SMILES string of the molecule is O=CN(OCc1ccccc1)C1CCC(C(=O)CN2CCOCC2)CC1. The fourth-order valence-electron chi connectivity index (χ4n) is 3.71. The molecule has 6 nitrogen and oxygen atoms in total. The molecular weight excluding hydrogens is 332 g/mol. The van der Waals surface area contributed by atoms with Crippen molar-refractivity contribution >= 4 is 12.2 Å². The predicted molar refractivity (Wildman–Crippen MR) is 97.1 cm³/mol. The largest absolute Gasteiger partial charge is 0.379 e. The zero-order chi connectivity index (χ0) is 18.2. The fraction of sp³-hybridized carbons (Fsp3) is 0.600. The second-order valence-electron chi connectivity index (χ2n) is 7.08. The van der Waals surface area contributed by atoms with Gasteiger partial charge >= 0.3 is 0 Å². The lowest BCUT2D eigenvalue weighted by Gasteiger charge is -2.34. The van der Waals surface area contributed by atoms with Gasteiger partial charge in [-0.05, 0) is 31.2 Å². The number of hydroxylamine groups is 2. The van der Waals surface area contributed by atoms with Gasteiger partial charge in [-0.1, -0.05) is 30.3 Å². The molecule has 0 N–H and O–H groups in total. The van der Waals surface area contributed by atoms with Gasteiger partial charge in [-0.3, -0.25) is 19.3 Å². The molecule has 6 heteroatoms. The molecule has 1 aromatic carbocycles. The standard InChI is InChI=1S/C20H28N2O4/c23-16-22(26-15-17-4-2-1-3-5-17)19-8-6-18(7-9-19)20(24)14-21-10-12-25-13-11-21/h1-5,16,18-19H,6-15H2. The van der Waals surface area contributed by atoms with E-state index in [0.717, 1.165) is 50.7 Å². The molecule has 2 aliphatic rings. The van der Waals surface area contributed by atoms with E-state index in [0.29, 0.717) is 32.1 Å². The quantitative estimate of drug-likeness (QED) is 0.524. The number of carbonyl (C=O) groups is 2. The second-order valence-corrected chi connectivity index (χ2v) is 7.08. The van der Waals surface area contributed by atoms with Crippen LogP contribution in [0.5, 0.6) is 0 Å². The van der Waals surface area contributed by atoms with E-state index in [1.54, 1.807) is 0 Å². The van der Waals surface area contributed by atoms with Crippen LogP contribution in [0.4, 0.5) is 0 Å². The molecule has 2 fully saturated rings. The first-order valence-electron chi connectivity index (χ1n) is 9.49. The Morgan fingerprint density at radius 3 is 2.50 bits per heavy atom. The number of benzene rings is 1. The predicted octanol–water partition coefficient (Wildman–Crippen LogP) is 2.04. The molecule has 0 radical (unpaired) electrons. The molecule has 0 unspecified atom stereocenters. The lowest BCUT2D eigenvalue weighted by Crippen LogP contribution is -2.43. The monoisotopic (exact) mass is 360 g/mol. The molecule has 0 atom stereocenters. The van der Waals surface area contributed by atoms with Crippen LogP contribution in [0, 0.1) is 5.92 Å². The highest BCUT2D eigenvalue weighted by molar-refractivity contribution is 5.83. The topological polar surface area (TPSA) is 59.1 Å². The molecule has 1 saturated carbocycles. The maximum Gasteiger partial charge on any atom is 0.233 e. The number of carbonyl (C=O) groups excluding carboxylic acids is 2. The van der Waals surface area contributed by atoms with Gasteiger partial charge in [-0.25, -0.2) is 5.06 Å². The van der Waals surface area contributed by atoms with Crippen molar-refractivity contribution < 1.29 is 19.2 Å². The Kier molecular flexibility index (Phi) is 7.17. The van der Waals surface area contributed by atoms with E-state index in [2.05, 4.69) is 4.90 Å². The second kappa shape index (κ2) is 9.80. The van der Waals surface area contributed by atoms with Crippen molar-refractivity contribution in [3.05, 3.63) is 35.9 Å². The average Bonchev–Trinajstić information content (AvgIpc) is 2.70. The summed E-state index contributed by atoms with van der Waals surface area (Å²) in [5.41, 5.74) is 1.04. The van der Waals surface area contributed by atoms with Gasteiger partial charge in [0.15, 0.2) is 0 Å². The Hall–Kier alpha value is -1.76. The summed E-state index contributed by atoms with van der Waals surface area (Å²) >= 11 is 0. The minimum Gasteiger partial charge on any atom is -0.379 e. The molecule has 1 aliphatic carbocycles. The lowest BCUT2D eigenvalue weighted by molar-refractivity contribution is -0.196. The van der Waals surface area contributed by atoms with Crippen molar-refractivity contribution in [3.8, 4) is 0 Å². The molecule has 0 spiro atoms. The van der Waals surface area contributed by atoms with Crippen LogP contribution in [0.25, 0.3) is 0 Å². The minimum atomic E-state index is 0.0589. The van der Waals surface area contributed by atoms with Crippen LogP contribution in [0.3, 0.4) is 0 Å². The first kappa shape index (κ1) is 19.0. The summed E-state index contributed by atoms with van der Waals surface area (Å²) in [5.74, 6) is 0.435. The van der Waals surface area contributed by atoms with E-state index in [4.69, 9.17) is 9.57 Å². The summed E-state index contributed by atoms with van der Waals surface area (Å²) in [6, 6.07) is 9.87. The third-order valence-corrected chi connectivity index (χ3v) is 5.32. The number of hydrogen-bond acceptors (Lipinski definition) is 5. The third kappa shape index (κ3) is 5.37. The normalized spacial score (nSPS) is 24.2. The Morgan fingerprint density at radius 2 is 1.85 bits per heavy atom. The summed E-state index contributed by atoms with van der Waals surface area (Å²) in [5, 5.41) is 1.44. The summed E-state index contributed by atoms with van der Waals surface area (Å²) in [7, 11) is 0.